The van der Waals surface area contributed by atoms with E-state index in [1.165, 1.54) is 6.92 Å². The minimum absolute atomic E-state index is 0.177. The minimum atomic E-state index is -2.17. The van der Waals surface area contributed by atoms with Gasteiger partial charge in [0, 0.05) is 11.6 Å². The van der Waals surface area contributed by atoms with Gasteiger partial charge in [0.25, 0.3) is 11.2 Å². The molecule has 2 N–H and O–H groups in total. The summed E-state index contributed by atoms with van der Waals surface area (Å²) in [5.41, 5.74) is -2.92. The average molecular weight is 256 g/mol. The lowest BCUT2D eigenvalue weighted by atomic mass is 10.1. The molecule has 0 radical (unpaired) electrons. The fourth-order valence-corrected chi connectivity index (χ4v) is 1.37. The molecule has 0 amide bonds. The van der Waals surface area contributed by atoms with E-state index in [9.17, 15) is 24.8 Å². The van der Waals surface area contributed by atoms with Crippen LogP contribution in [0.15, 0.2) is 17.1 Å². The number of carbonyl (C=O) groups is 1. The van der Waals surface area contributed by atoms with Crippen molar-refractivity contribution < 1.29 is 19.9 Å². The van der Waals surface area contributed by atoms with Gasteiger partial charge in [-0.1, -0.05) is 0 Å². The number of aliphatic hydroxyl groups is 1. The van der Waals surface area contributed by atoms with E-state index >= 15 is 0 Å². The van der Waals surface area contributed by atoms with Crippen LogP contribution in [0.5, 0.6) is 0 Å². The van der Waals surface area contributed by atoms with Crippen LogP contribution < -0.4 is 5.56 Å². The molecular formula is C10H12N2O6. The van der Waals surface area contributed by atoms with Gasteiger partial charge in [-0.15, -0.1) is 0 Å². The summed E-state index contributed by atoms with van der Waals surface area (Å²) in [7, 11) is 0. The number of nitrogens with zero attached hydrogens (tertiary/aromatic N) is 2. The summed E-state index contributed by atoms with van der Waals surface area (Å²) in [6, 6.07) is 1.02. The van der Waals surface area contributed by atoms with Gasteiger partial charge >= 0.3 is 5.97 Å². The molecule has 1 aromatic heterocycles. The van der Waals surface area contributed by atoms with Crippen LogP contribution in [0.25, 0.3) is 0 Å². The van der Waals surface area contributed by atoms with Crippen molar-refractivity contribution in [2.24, 2.45) is 0 Å². The molecule has 0 fully saturated rings. The normalized spacial score (nSPS) is 13.9. The van der Waals surface area contributed by atoms with Crippen molar-refractivity contribution in [3.05, 3.63) is 38.3 Å². The molecule has 8 nitrogen and oxygen atoms in total. The van der Waals surface area contributed by atoms with Crippen molar-refractivity contribution in [3.8, 4) is 0 Å². The van der Waals surface area contributed by atoms with Crippen molar-refractivity contribution in [1.29, 1.82) is 0 Å². The van der Waals surface area contributed by atoms with Crippen molar-refractivity contribution in [2.45, 2.75) is 26.0 Å². The van der Waals surface area contributed by atoms with Crippen LogP contribution in [0.3, 0.4) is 0 Å². The van der Waals surface area contributed by atoms with E-state index in [0.717, 1.165) is 23.8 Å². The Hall–Kier alpha value is -2.22. The van der Waals surface area contributed by atoms with Gasteiger partial charge in [-0.2, -0.15) is 0 Å². The Morgan fingerprint density at radius 1 is 1.61 bits per heavy atom. The first kappa shape index (κ1) is 13.8. The standard InChI is InChI=1S/C10H12N2O6/c1-6-3-8(13)11(4-7(6)12(17)18)5-10(2,16)9(14)15/h3-4,16H,5H2,1-2H3,(H,14,15). The fourth-order valence-electron chi connectivity index (χ4n) is 1.37. The fraction of sp³-hybridized carbons (Fsp3) is 0.400. The number of aromatic nitrogens is 1. The molecular weight excluding hydrogens is 244 g/mol. The van der Waals surface area contributed by atoms with Gasteiger partial charge in [0.15, 0.2) is 5.60 Å². The van der Waals surface area contributed by atoms with Gasteiger partial charge < -0.3 is 14.8 Å². The molecule has 0 bridgehead atoms. The zero-order valence-corrected chi connectivity index (χ0v) is 9.78. The Kier molecular flexibility index (Phi) is 3.52. The molecule has 1 atom stereocenters. The molecule has 0 aliphatic carbocycles. The molecule has 98 valence electrons. The van der Waals surface area contributed by atoms with Crippen LogP contribution in [-0.4, -0.2) is 31.3 Å². The Morgan fingerprint density at radius 2 is 2.17 bits per heavy atom. The second-order valence-corrected chi connectivity index (χ2v) is 4.14. The molecule has 1 rings (SSSR count). The van der Waals surface area contributed by atoms with Crippen LogP contribution in [0, 0.1) is 17.0 Å². The van der Waals surface area contributed by atoms with Crippen molar-refractivity contribution in [2.75, 3.05) is 0 Å². The first-order valence-corrected chi connectivity index (χ1v) is 4.96. The second-order valence-electron chi connectivity index (χ2n) is 4.14. The molecule has 0 aliphatic rings. The lowest BCUT2D eigenvalue weighted by molar-refractivity contribution is -0.386. The summed E-state index contributed by atoms with van der Waals surface area (Å²) in [6.45, 7) is 1.84. The van der Waals surface area contributed by atoms with E-state index in [1.54, 1.807) is 0 Å². The van der Waals surface area contributed by atoms with E-state index in [0.29, 0.717) is 0 Å². The predicted octanol–water partition coefficient (Wildman–Crippen LogP) is -0.0995. The molecule has 0 aliphatic heterocycles. The molecule has 8 heteroatoms. The molecule has 1 aromatic rings. The number of carboxylic acids is 1. The third kappa shape index (κ3) is 2.72. The molecule has 0 saturated heterocycles. The third-order valence-corrected chi connectivity index (χ3v) is 2.44. The molecule has 0 spiro atoms. The average Bonchev–Trinajstić information content (AvgIpc) is 2.21. The summed E-state index contributed by atoms with van der Waals surface area (Å²) < 4.78 is 0.805. The van der Waals surface area contributed by atoms with E-state index in [4.69, 9.17) is 5.11 Å². The SMILES string of the molecule is Cc1cc(=O)n(CC(C)(O)C(=O)O)cc1[N+](=O)[O-]. The molecule has 1 unspecified atom stereocenters. The van der Waals surface area contributed by atoms with E-state index in [-0.39, 0.29) is 11.3 Å². The van der Waals surface area contributed by atoms with Gasteiger partial charge in [-0.3, -0.25) is 14.9 Å². The Labute approximate surface area is 101 Å². The smallest absolute Gasteiger partial charge is 0.337 e. The van der Waals surface area contributed by atoms with Crippen LogP contribution >= 0.6 is 0 Å². The van der Waals surface area contributed by atoms with Gasteiger partial charge in [0.2, 0.25) is 0 Å². The molecule has 1 heterocycles. The van der Waals surface area contributed by atoms with Crippen molar-refractivity contribution >= 4 is 11.7 Å². The largest absolute Gasteiger partial charge is 0.479 e. The highest BCUT2D eigenvalue weighted by Crippen LogP contribution is 2.15. The molecule has 18 heavy (non-hydrogen) atoms. The number of hydrogen-bond donors (Lipinski definition) is 2. The molecule has 0 saturated carbocycles. The number of nitro groups is 1. The van der Waals surface area contributed by atoms with Crippen LogP contribution in [0.2, 0.25) is 0 Å². The highest BCUT2D eigenvalue weighted by molar-refractivity contribution is 5.76. The Balaban J connectivity index is 3.26. The number of rotatable bonds is 4. The number of hydrogen-bond acceptors (Lipinski definition) is 5. The topological polar surface area (TPSA) is 123 Å². The van der Waals surface area contributed by atoms with E-state index in [2.05, 4.69) is 0 Å². The number of pyridine rings is 1. The monoisotopic (exact) mass is 256 g/mol. The lowest BCUT2D eigenvalue weighted by Gasteiger charge is -2.18. The first-order valence-electron chi connectivity index (χ1n) is 4.96. The van der Waals surface area contributed by atoms with Crippen LogP contribution in [0.4, 0.5) is 5.69 Å². The van der Waals surface area contributed by atoms with Crippen LogP contribution in [-0.2, 0) is 11.3 Å². The van der Waals surface area contributed by atoms with Crippen LogP contribution in [0.1, 0.15) is 12.5 Å². The predicted molar refractivity (Wildman–Crippen MR) is 60.4 cm³/mol. The van der Waals surface area contributed by atoms with Crippen molar-refractivity contribution in [1.82, 2.24) is 4.57 Å². The highest BCUT2D eigenvalue weighted by Gasteiger charge is 2.31. The summed E-state index contributed by atoms with van der Waals surface area (Å²) in [5.74, 6) is -1.52. The maximum absolute atomic E-state index is 11.6. The Morgan fingerprint density at radius 3 is 2.61 bits per heavy atom. The third-order valence-electron chi connectivity index (χ3n) is 2.44. The summed E-state index contributed by atoms with van der Waals surface area (Å²) in [4.78, 5) is 32.3. The van der Waals surface area contributed by atoms with Gasteiger partial charge in [0.1, 0.15) is 0 Å². The van der Waals surface area contributed by atoms with Crippen molar-refractivity contribution in [3.63, 3.8) is 0 Å². The zero-order chi connectivity index (χ0) is 14.1. The second kappa shape index (κ2) is 4.57. The first-order chi connectivity index (χ1) is 8.15. The minimum Gasteiger partial charge on any atom is -0.479 e. The number of aliphatic carboxylic acids is 1. The summed E-state index contributed by atoms with van der Waals surface area (Å²) in [6.07, 6.45) is 0.926. The lowest BCUT2D eigenvalue weighted by Crippen LogP contribution is -2.42. The number of aryl methyl sites for hydroxylation is 1. The summed E-state index contributed by atoms with van der Waals surface area (Å²) in [5, 5.41) is 29.0. The van der Waals surface area contributed by atoms with E-state index in [1.807, 2.05) is 0 Å². The van der Waals surface area contributed by atoms with Gasteiger partial charge in [0.05, 0.1) is 17.7 Å². The quantitative estimate of drug-likeness (QED) is 0.572. The maximum atomic E-state index is 11.6. The van der Waals surface area contributed by atoms with Gasteiger partial charge in [-0.25, -0.2) is 4.79 Å². The zero-order valence-electron chi connectivity index (χ0n) is 9.78. The summed E-state index contributed by atoms with van der Waals surface area (Å²) >= 11 is 0. The highest BCUT2D eigenvalue weighted by atomic mass is 16.6. The maximum Gasteiger partial charge on any atom is 0.337 e. The number of carboxylic acid groups (broad SMARTS) is 1. The molecule has 0 aromatic carbocycles. The van der Waals surface area contributed by atoms with E-state index < -0.39 is 28.6 Å². The van der Waals surface area contributed by atoms with Gasteiger partial charge in [-0.05, 0) is 13.8 Å². The Bertz CT molecular complexity index is 560.